The molecule has 10 heteroatoms. The number of nitrogen functional groups attached to an aromatic ring is 1. The molecule has 10 nitrogen and oxygen atoms in total. The number of ether oxygens (including phenoxy) is 1. The van der Waals surface area contributed by atoms with Crippen molar-refractivity contribution in [1.29, 1.82) is 0 Å². The van der Waals surface area contributed by atoms with Crippen LogP contribution in [-0.4, -0.2) is 101 Å². The third kappa shape index (κ3) is 5.78. The quantitative estimate of drug-likeness (QED) is 0.397. The first-order valence-electron chi connectivity index (χ1n) is 15.2. The van der Waals surface area contributed by atoms with E-state index in [4.69, 9.17) is 20.4 Å². The van der Waals surface area contributed by atoms with E-state index < -0.39 is 0 Å². The Kier molecular flexibility index (Phi) is 8.14. The number of fused-ring (bicyclic) bond motifs is 1. The van der Waals surface area contributed by atoms with E-state index in [1.165, 1.54) is 25.9 Å². The summed E-state index contributed by atoms with van der Waals surface area (Å²) in [6, 6.07) is 7.24. The van der Waals surface area contributed by atoms with Gasteiger partial charge in [0, 0.05) is 63.1 Å². The number of methoxy groups -OCH3 is 1. The van der Waals surface area contributed by atoms with Crippen molar-refractivity contribution in [3.05, 3.63) is 30.1 Å². The minimum Gasteiger partial charge on any atom is -0.495 e. The van der Waals surface area contributed by atoms with Gasteiger partial charge in [0.15, 0.2) is 5.82 Å². The summed E-state index contributed by atoms with van der Waals surface area (Å²) in [6.45, 7) is 8.78. The number of rotatable bonds is 7. The smallest absolute Gasteiger partial charge is 0.151 e. The number of aliphatic hydroxyl groups is 1. The summed E-state index contributed by atoms with van der Waals surface area (Å²) in [6.07, 6.45) is 7.04. The molecule has 220 valence electrons. The number of benzene rings is 1. The molecule has 4 N–H and O–H groups in total. The molecule has 3 fully saturated rings. The van der Waals surface area contributed by atoms with Crippen LogP contribution in [0.1, 0.15) is 44.7 Å². The second-order valence-corrected chi connectivity index (χ2v) is 11.9. The molecule has 4 heterocycles. The number of aryl methyl sites for hydroxylation is 1. The monoisotopic (exact) mass is 560 g/mol. The predicted molar refractivity (Wildman–Crippen MR) is 165 cm³/mol. The topological polar surface area (TPSA) is 116 Å². The summed E-state index contributed by atoms with van der Waals surface area (Å²) in [5, 5.41) is 13.6. The van der Waals surface area contributed by atoms with Crippen molar-refractivity contribution in [2.75, 3.05) is 69.4 Å². The molecule has 1 saturated carbocycles. The Balaban J connectivity index is 1.26. The van der Waals surface area contributed by atoms with Gasteiger partial charge >= 0.3 is 0 Å². The summed E-state index contributed by atoms with van der Waals surface area (Å²) in [7, 11) is 3.96. The fourth-order valence-electron chi connectivity index (χ4n) is 6.71. The van der Waals surface area contributed by atoms with E-state index in [2.05, 4.69) is 57.2 Å². The minimum absolute atomic E-state index is 0.185. The van der Waals surface area contributed by atoms with Crippen LogP contribution >= 0.6 is 0 Å². The maximum Gasteiger partial charge on any atom is 0.151 e. The molecule has 0 amide bonds. The summed E-state index contributed by atoms with van der Waals surface area (Å²) < 4.78 is 5.94. The fraction of sp³-hybridized carbons (Fsp3) is 0.581. The minimum atomic E-state index is -0.259. The molecule has 2 aliphatic heterocycles. The van der Waals surface area contributed by atoms with Crippen molar-refractivity contribution in [1.82, 2.24) is 24.8 Å². The van der Waals surface area contributed by atoms with Gasteiger partial charge in [0.25, 0.3) is 0 Å². The number of likely N-dealkylation sites (N-methyl/N-ethyl adjacent to an activating group) is 1. The van der Waals surface area contributed by atoms with Crippen LogP contribution in [-0.2, 0) is 6.42 Å². The molecule has 2 atom stereocenters. The Morgan fingerprint density at radius 3 is 2.49 bits per heavy atom. The zero-order valence-electron chi connectivity index (χ0n) is 24.6. The second-order valence-electron chi connectivity index (χ2n) is 11.9. The lowest BCUT2D eigenvalue weighted by Crippen LogP contribution is -2.52. The van der Waals surface area contributed by atoms with Gasteiger partial charge in [0.1, 0.15) is 22.6 Å². The van der Waals surface area contributed by atoms with Crippen LogP contribution in [0.15, 0.2) is 24.4 Å². The molecule has 0 unspecified atom stereocenters. The number of pyridine rings is 1. The lowest BCUT2D eigenvalue weighted by molar-refractivity contribution is 0.0981. The molecule has 2 saturated heterocycles. The fourth-order valence-corrected chi connectivity index (χ4v) is 6.71. The average molecular weight is 561 g/mol. The third-order valence-electron chi connectivity index (χ3n) is 9.23. The summed E-state index contributed by atoms with van der Waals surface area (Å²) in [5.41, 5.74) is 11.5. The van der Waals surface area contributed by atoms with Crippen LogP contribution in [0.25, 0.3) is 22.2 Å². The van der Waals surface area contributed by atoms with Crippen LogP contribution in [0, 0.1) is 0 Å². The maximum absolute atomic E-state index is 10.0. The summed E-state index contributed by atoms with van der Waals surface area (Å²) in [4.78, 5) is 22.0. The lowest BCUT2D eigenvalue weighted by atomic mass is 10.00. The van der Waals surface area contributed by atoms with E-state index in [0.29, 0.717) is 17.4 Å². The maximum atomic E-state index is 10.0. The standard InChI is InChI=1S/C31H44N8O2/c1-4-25-31(34-21-6-7-23(40)18-21)36-28-24(19-33-30(32)29(28)35-25)20-5-8-26(27(17-20)41-3)39-11-9-22(10-12-39)38-15-13-37(2)14-16-38/h5,8,17,19,21-23,40H,4,6-7,9-16,18H2,1-3H3,(H2,32,33)(H,34,36)/t21-,23+/m0/s1. The molecule has 0 radical (unpaired) electrons. The van der Waals surface area contributed by atoms with Gasteiger partial charge in [0.2, 0.25) is 0 Å². The molecule has 3 aliphatic rings. The number of aliphatic hydroxyl groups excluding tert-OH is 1. The molecular weight excluding hydrogens is 516 g/mol. The first-order chi connectivity index (χ1) is 19.9. The second kappa shape index (κ2) is 12.0. The van der Waals surface area contributed by atoms with Gasteiger partial charge in [-0.2, -0.15) is 0 Å². The van der Waals surface area contributed by atoms with E-state index in [-0.39, 0.29) is 12.1 Å². The number of aromatic nitrogens is 3. The zero-order chi connectivity index (χ0) is 28.5. The van der Waals surface area contributed by atoms with E-state index in [1.807, 2.05) is 0 Å². The Labute approximate surface area is 242 Å². The van der Waals surface area contributed by atoms with E-state index in [0.717, 1.165) is 91.5 Å². The van der Waals surface area contributed by atoms with Gasteiger partial charge in [-0.25, -0.2) is 15.0 Å². The van der Waals surface area contributed by atoms with Crippen LogP contribution in [0.3, 0.4) is 0 Å². The van der Waals surface area contributed by atoms with Crippen molar-refractivity contribution in [3.63, 3.8) is 0 Å². The molecule has 0 bridgehead atoms. The highest BCUT2D eigenvalue weighted by Gasteiger charge is 2.28. The Morgan fingerprint density at radius 1 is 1.02 bits per heavy atom. The molecule has 0 spiro atoms. The van der Waals surface area contributed by atoms with Gasteiger partial charge in [-0.1, -0.05) is 13.0 Å². The number of anilines is 3. The number of piperazine rings is 1. The normalized spacial score (nSPS) is 22.9. The van der Waals surface area contributed by atoms with Gasteiger partial charge in [-0.05, 0) is 63.3 Å². The Bertz CT molecular complexity index is 1370. The highest BCUT2D eigenvalue weighted by atomic mass is 16.5. The molecular formula is C31H44N8O2. The number of hydrogen-bond donors (Lipinski definition) is 3. The number of nitrogens with zero attached hydrogens (tertiary/aromatic N) is 6. The number of piperidine rings is 1. The van der Waals surface area contributed by atoms with Crippen molar-refractivity contribution in [2.45, 2.75) is 63.6 Å². The molecule has 2 aromatic heterocycles. The van der Waals surface area contributed by atoms with Crippen molar-refractivity contribution in [3.8, 4) is 16.9 Å². The molecule has 1 aromatic carbocycles. The lowest BCUT2D eigenvalue weighted by Gasteiger charge is -2.42. The number of nitrogens with one attached hydrogen (secondary N) is 1. The van der Waals surface area contributed by atoms with E-state index >= 15 is 0 Å². The predicted octanol–water partition coefficient (Wildman–Crippen LogP) is 3.39. The highest BCUT2D eigenvalue weighted by molar-refractivity contribution is 5.97. The number of nitrogens with two attached hydrogens (primary N) is 1. The van der Waals surface area contributed by atoms with Crippen LogP contribution in [0.5, 0.6) is 5.75 Å². The van der Waals surface area contributed by atoms with Crippen molar-refractivity contribution in [2.24, 2.45) is 0 Å². The van der Waals surface area contributed by atoms with Crippen molar-refractivity contribution < 1.29 is 9.84 Å². The van der Waals surface area contributed by atoms with Gasteiger partial charge in [-0.3, -0.25) is 4.90 Å². The molecule has 6 rings (SSSR count). The zero-order valence-corrected chi connectivity index (χ0v) is 24.6. The molecule has 3 aromatic rings. The molecule has 1 aliphatic carbocycles. The van der Waals surface area contributed by atoms with Crippen molar-refractivity contribution >= 4 is 28.4 Å². The highest BCUT2D eigenvalue weighted by Crippen LogP contribution is 2.38. The first kappa shape index (κ1) is 27.9. The van der Waals surface area contributed by atoms with Gasteiger partial charge in [-0.15, -0.1) is 0 Å². The first-order valence-corrected chi connectivity index (χ1v) is 15.2. The summed E-state index contributed by atoms with van der Waals surface area (Å²) in [5.74, 6) is 1.99. The van der Waals surface area contributed by atoms with Gasteiger partial charge in [0.05, 0.1) is 24.6 Å². The SMILES string of the molecule is CCc1nc2c(N)ncc(-c3ccc(N4CCC(N5CCN(C)CC5)CC4)c(OC)c3)c2nc1N[C@H]1CC[C@@H](O)C1. The van der Waals surface area contributed by atoms with Crippen LogP contribution in [0.2, 0.25) is 0 Å². The molecule has 41 heavy (non-hydrogen) atoms. The Morgan fingerprint density at radius 2 is 1.80 bits per heavy atom. The van der Waals surface area contributed by atoms with Crippen LogP contribution < -0.4 is 20.7 Å². The van der Waals surface area contributed by atoms with Gasteiger partial charge < -0.3 is 30.7 Å². The number of hydrogen-bond acceptors (Lipinski definition) is 10. The summed E-state index contributed by atoms with van der Waals surface area (Å²) >= 11 is 0. The van der Waals surface area contributed by atoms with E-state index in [1.54, 1.807) is 13.3 Å². The van der Waals surface area contributed by atoms with E-state index in [9.17, 15) is 5.11 Å². The largest absolute Gasteiger partial charge is 0.495 e. The average Bonchev–Trinajstić information content (AvgIpc) is 3.41. The Hall–Kier alpha value is -3.21. The van der Waals surface area contributed by atoms with Crippen LogP contribution in [0.4, 0.5) is 17.3 Å². The third-order valence-corrected chi connectivity index (χ3v) is 9.23.